The molecule has 0 aliphatic carbocycles. The van der Waals surface area contributed by atoms with E-state index in [2.05, 4.69) is 11.9 Å². The third-order valence-corrected chi connectivity index (χ3v) is 6.79. The summed E-state index contributed by atoms with van der Waals surface area (Å²) in [6, 6.07) is 1.76. The molecule has 0 amide bonds. The summed E-state index contributed by atoms with van der Waals surface area (Å²) in [5.41, 5.74) is 5.58. The van der Waals surface area contributed by atoms with E-state index >= 15 is 0 Å². The van der Waals surface area contributed by atoms with E-state index in [4.69, 9.17) is 5.73 Å². The molecular formula is C13H23N3O2S2. The second-order valence-corrected chi connectivity index (χ2v) is 8.13. The van der Waals surface area contributed by atoms with Gasteiger partial charge in [0.15, 0.2) is 0 Å². The summed E-state index contributed by atoms with van der Waals surface area (Å²) in [4.78, 5) is 3.51. The maximum absolute atomic E-state index is 12.8. The largest absolute Gasteiger partial charge is 0.326 e. The summed E-state index contributed by atoms with van der Waals surface area (Å²) < 4.78 is 27.3. The highest BCUT2D eigenvalue weighted by atomic mass is 32.2. The van der Waals surface area contributed by atoms with Crippen molar-refractivity contribution in [3.8, 4) is 0 Å². The van der Waals surface area contributed by atoms with Crippen LogP contribution in [-0.2, 0) is 16.6 Å². The van der Waals surface area contributed by atoms with Gasteiger partial charge in [-0.2, -0.15) is 4.31 Å². The van der Waals surface area contributed by atoms with Crippen molar-refractivity contribution >= 4 is 21.4 Å². The molecule has 5 nitrogen and oxygen atoms in total. The van der Waals surface area contributed by atoms with Gasteiger partial charge in [-0.05, 0) is 32.5 Å². The molecule has 0 spiro atoms. The Bertz CT molecular complexity index is 542. The maximum atomic E-state index is 12.8. The van der Waals surface area contributed by atoms with Crippen molar-refractivity contribution in [3.63, 3.8) is 0 Å². The fraction of sp³-hybridized carbons (Fsp3) is 0.692. The van der Waals surface area contributed by atoms with E-state index in [0.717, 1.165) is 30.8 Å². The third kappa shape index (κ3) is 3.23. The van der Waals surface area contributed by atoms with Crippen LogP contribution in [0, 0.1) is 0 Å². The van der Waals surface area contributed by atoms with Crippen LogP contribution < -0.4 is 5.73 Å². The van der Waals surface area contributed by atoms with Gasteiger partial charge < -0.3 is 10.6 Å². The molecule has 0 saturated carbocycles. The molecular weight excluding hydrogens is 294 g/mol. The second kappa shape index (κ2) is 6.53. The summed E-state index contributed by atoms with van der Waals surface area (Å²) in [6.45, 7) is 4.77. The van der Waals surface area contributed by atoms with Gasteiger partial charge in [-0.1, -0.05) is 6.92 Å². The molecule has 1 unspecified atom stereocenters. The number of likely N-dealkylation sites (N-methyl/N-ethyl adjacent to an activating group) is 1. The minimum atomic E-state index is -3.40. The van der Waals surface area contributed by atoms with Crippen LogP contribution in [0.2, 0.25) is 0 Å². The smallest absolute Gasteiger partial charge is 0.244 e. The molecule has 1 aliphatic heterocycles. The molecule has 0 radical (unpaired) electrons. The van der Waals surface area contributed by atoms with Gasteiger partial charge in [0, 0.05) is 35.9 Å². The van der Waals surface area contributed by atoms with Crippen molar-refractivity contribution in [2.45, 2.75) is 37.2 Å². The van der Waals surface area contributed by atoms with Crippen LogP contribution in [0.5, 0.6) is 0 Å². The molecule has 1 saturated heterocycles. The highest BCUT2D eigenvalue weighted by Gasteiger charge is 2.33. The zero-order chi connectivity index (χ0) is 14.8. The van der Waals surface area contributed by atoms with E-state index in [1.165, 1.54) is 11.3 Å². The van der Waals surface area contributed by atoms with Crippen molar-refractivity contribution in [1.82, 2.24) is 9.21 Å². The highest BCUT2D eigenvalue weighted by molar-refractivity contribution is 7.89. The SMILES string of the molecule is CCC1CN(C)CCCN1S(=O)(=O)c1csc(CN)c1. The Kier molecular flexibility index (Phi) is 5.19. The first kappa shape index (κ1) is 15.9. The van der Waals surface area contributed by atoms with Gasteiger partial charge in [0.2, 0.25) is 10.0 Å². The molecule has 0 aromatic carbocycles. The van der Waals surface area contributed by atoms with Crippen LogP contribution in [0.3, 0.4) is 0 Å². The average molecular weight is 317 g/mol. The fourth-order valence-corrected chi connectivity index (χ4v) is 5.48. The number of rotatable bonds is 4. The molecule has 114 valence electrons. The normalized spacial score (nSPS) is 22.9. The van der Waals surface area contributed by atoms with Crippen molar-refractivity contribution in [3.05, 3.63) is 16.3 Å². The topological polar surface area (TPSA) is 66.6 Å². The zero-order valence-corrected chi connectivity index (χ0v) is 13.7. The van der Waals surface area contributed by atoms with Crippen molar-refractivity contribution in [2.75, 3.05) is 26.7 Å². The molecule has 1 aromatic rings. The van der Waals surface area contributed by atoms with Gasteiger partial charge in [0.25, 0.3) is 0 Å². The van der Waals surface area contributed by atoms with Gasteiger partial charge >= 0.3 is 0 Å². The van der Waals surface area contributed by atoms with E-state index in [1.807, 2.05) is 6.92 Å². The van der Waals surface area contributed by atoms with Crippen LogP contribution in [-0.4, -0.2) is 50.3 Å². The quantitative estimate of drug-likeness (QED) is 0.909. The summed E-state index contributed by atoms with van der Waals surface area (Å²) in [5, 5.41) is 1.71. The Morgan fingerprint density at radius 3 is 2.80 bits per heavy atom. The molecule has 2 N–H and O–H groups in total. The summed E-state index contributed by atoms with van der Waals surface area (Å²) in [7, 11) is -1.35. The Hall–Kier alpha value is -0.470. The maximum Gasteiger partial charge on any atom is 0.244 e. The first-order valence-electron chi connectivity index (χ1n) is 6.97. The molecule has 1 atom stereocenters. The summed E-state index contributed by atoms with van der Waals surface area (Å²) in [6.07, 6.45) is 1.71. The van der Waals surface area contributed by atoms with E-state index in [-0.39, 0.29) is 6.04 Å². The lowest BCUT2D eigenvalue weighted by Gasteiger charge is -2.28. The minimum absolute atomic E-state index is 0.0497. The van der Waals surface area contributed by atoms with Crippen molar-refractivity contribution < 1.29 is 8.42 Å². The first-order valence-corrected chi connectivity index (χ1v) is 9.29. The number of hydrogen-bond donors (Lipinski definition) is 1. The van der Waals surface area contributed by atoms with E-state index in [0.29, 0.717) is 18.0 Å². The Balaban J connectivity index is 2.30. The zero-order valence-electron chi connectivity index (χ0n) is 12.1. The van der Waals surface area contributed by atoms with Crippen LogP contribution in [0.25, 0.3) is 0 Å². The number of sulfonamides is 1. The van der Waals surface area contributed by atoms with E-state index in [9.17, 15) is 8.42 Å². The molecule has 2 heterocycles. The molecule has 1 aromatic heterocycles. The molecule has 2 rings (SSSR count). The third-order valence-electron chi connectivity index (χ3n) is 3.76. The predicted octanol–water partition coefficient (Wildman–Crippen LogP) is 1.31. The second-order valence-electron chi connectivity index (χ2n) is 5.25. The molecule has 1 fully saturated rings. The number of nitrogens with two attached hydrogens (primary N) is 1. The molecule has 0 bridgehead atoms. The monoisotopic (exact) mass is 317 g/mol. The van der Waals surface area contributed by atoms with E-state index < -0.39 is 10.0 Å². The number of thiophene rings is 1. The standard InChI is InChI=1S/C13H23N3O2S2/c1-3-11-9-15(2)5-4-6-16(11)20(17,18)13-7-12(8-14)19-10-13/h7,10-11H,3-6,8-9,14H2,1-2H3. The lowest BCUT2D eigenvalue weighted by atomic mass is 10.2. The first-order chi connectivity index (χ1) is 9.48. The van der Waals surface area contributed by atoms with Crippen LogP contribution in [0.4, 0.5) is 0 Å². The summed E-state index contributed by atoms with van der Waals surface area (Å²) >= 11 is 1.41. The number of hydrogen-bond acceptors (Lipinski definition) is 5. The van der Waals surface area contributed by atoms with Crippen molar-refractivity contribution in [1.29, 1.82) is 0 Å². The lowest BCUT2D eigenvalue weighted by Crippen LogP contribution is -2.43. The van der Waals surface area contributed by atoms with E-state index in [1.54, 1.807) is 15.8 Å². The van der Waals surface area contributed by atoms with Gasteiger partial charge in [-0.15, -0.1) is 11.3 Å². The molecule has 20 heavy (non-hydrogen) atoms. The molecule has 7 heteroatoms. The average Bonchev–Trinajstić information content (AvgIpc) is 2.83. The van der Waals surface area contributed by atoms with Crippen LogP contribution >= 0.6 is 11.3 Å². The number of nitrogens with zero attached hydrogens (tertiary/aromatic N) is 2. The summed E-state index contributed by atoms with van der Waals surface area (Å²) in [5.74, 6) is 0. The van der Waals surface area contributed by atoms with Gasteiger partial charge in [-0.25, -0.2) is 8.42 Å². The predicted molar refractivity (Wildman–Crippen MR) is 82.3 cm³/mol. The van der Waals surface area contributed by atoms with Gasteiger partial charge in [0.05, 0.1) is 4.90 Å². The van der Waals surface area contributed by atoms with Crippen LogP contribution in [0.15, 0.2) is 16.3 Å². The van der Waals surface area contributed by atoms with Gasteiger partial charge in [-0.3, -0.25) is 0 Å². The van der Waals surface area contributed by atoms with Crippen molar-refractivity contribution in [2.24, 2.45) is 5.73 Å². The van der Waals surface area contributed by atoms with Gasteiger partial charge in [0.1, 0.15) is 0 Å². The Morgan fingerprint density at radius 2 is 2.20 bits per heavy atom. The minimum Gasteiger partial charge on any atom is -0.326 e. The lowest BCUT2D eigenvalue weighted by molar-refractivity contribution is 0.270. The fourth-order valence-electron chi connectivity index (χ4n) is 2.61. The van der Waals surface area contributed by atoms with Crippen LogP contribution in [0.1, 0.15) is 24.6 Å². The highest BCUT2D eigenvalue weighted by Crippen LogP contribution is 2.26. The molecule has 1 aliphatic rings. The Morgan fingerprint density at radius 1 is 1.45 bits per heavy atom. The Labute approximate surface area is 125 Å².